The number of nitrogens with two attached hydrogens (primary N) is 1. The van der Waals surface area contributed by atoms with Crippen LogP contribution in [0.1, 0.15) is 5.56 Å². The van der Waals surface area contributed by atoms with E-state index >= 15 is 0 Å². The van der Waals surface area contributed by atoms with Crippen molar-refractivity contribution in [3.8, 4) is 0 Å². The van der Waals surface area contributed by atoms with Crippen molar-refractivity contribution in [3.05, 3.63) is 22.7 Å². The first-order valence-corrected chi connectivity index (χ1v) is 7.35. The van der Waals surface area contributed by atoms with Crippen molar-refractivity contribution in [2.24, 2.45) is 0 Å². The summed E-state index contributed by atoms with van der Waals surface area (Å²) in [5.74, 6) is 0. The van der Waals surface area contributed by atoms with Gasteiger partial charge in [0.25, 0.3) is 0 Å². The van der Waals surface area contributed by atoms with E-state index < -0.39 is 16.1 Å². The molecule has 0 spiro atoms. The van der Waals surface area contributed by atoms with Crippen LogP contribution >= 0.6 is 11.6 Å². The number of rotatable bonds is 6. The predicted molar refractivity (Wildman–Crippen MR) is 73.7 cm³/mol. The van der Waals surface area contributed by atoms with Crippen molar-refractivity contribution in [2.75, 3.05) is 26.1 Å². The molecule has 0 saturated heterocycles. The summed E-state index contributed by atoms with van der Waals surface area (Å²) in [7, 11) is -2.40. The second-order valence-corrected chi connectivity index (χ2v) is 6.20. The molecule has 0 aliphatic heterocycles. The molecule has 1 atom stereocenters. The van der Waals surface area contributed by atoms with Gasteiger partial charge < -0.3 is 15.6 Å². The summed E-state index contributed by atoms with van der Waals surface area (Å²) in [5.41, 5.74) is 6.60. The third-order valence-corrected chi connectivity index (χ3v) is 4.47. The minimum Gasteiger partial charge on any atom is -0.398 e. The minimum atomic E-state index is -3.81. The molecule has 0 amide bonds. The number of benzene rings is 1. The molecule has 0 aliphatic carbocycles. The van der Waals surface area contributed by atoms with Crippen LogP contribution in [0.25, 0.3) is 0 Å². The Kier molecular flexibility index (Phi) is 5.57. The van der Waals surface area contributed by atoms with Gasteiger partial charge in [-0.25, -0.2) is 13.1 Å². The molecule has 1 rings (SSSR count). The van der Waals surface area contributed by atoms with E-state index in [9.17, 15) is 8.42 Å². The van der Waals surface area contributed by atoms with Crippen molar-refractivity contribution in [2.45, 2.75) is 17.9 Å². The van der Waals surface area contributed by atoms with Crippen LogP contribution < -0.4 is 10.5 Å². The highest BCUT2D eigenvalue weighted by atomic mass is 35.5. The van der Waals surface area contributed by atoms with Gasteiger partial charge in [-0.3, -0.25) is 0 Å². The van der Waals surface area contributed by atoms with Crippen LogP contribution in [0.15, 0.2) is 17.0 Å². The number of hydrogen-bond donors (Lipinski definition) is 3. The molecule has 8 heteroatoms. The summed E-state index contributed by atoms with van der Waals surface area (Å²) in [6, 6.07) is 1.91. The third kappa shape index (κ3) is 4.05. The highest BCUT2D eigenvalue weighted by Crippen LogP contribution is 2.25. The number of aliphatic hydroxyl groups excluding tert-OH is 1. The lowest BCUT2D eigenvalue weighted by molar-refractivity contribution is 0.139. The summed E-state index contributed by atoms with van der Waals surface area (Å²) in [5, 5.41) is 9.33. The van der Waals surface area contributed by atoms with Crippen LogP contribution in [0, 0.1) is 6.92 Å². The zero-order valence-corrected chi connectivity index (χ0v) is 12.3. The summed E-state index contributed by atoms with van der Waals surface area (Å²) in [4.78, 5) is -0.0462. The average molecular weight is 309 g/mol. The predicted octanol–water partition coefficient (Wildman–Crippen LogP) is 0.516. The largest absolute Gasteiger partial charge is 0.398 e. The van der Waals surface area contributed by atoms with E-state index in [1.165, 1.54) is 19.2 Å². The van der Waals surface area contributed by atoms with Crippen LogP contribution in [0.4, 0.5) is 5.69 Å². The minimum absolute atomic E-state index is 0.0462. The normalized spacial score (nSPS) is 13.5. The topological polar surface area (TPSA) is 102 Å². The number of methoxy groups -OCH3 is 1. The molecule has 0 saturated carbocycles. The number of halogens is 1. The van der Waals surface area contributed by atoms with Crippen LogP contribution in [0.3, 0.4) is 0 Å². The van der Waals surface area contributed by atoms with Gasteiger partial charge in [-0.15, -0.1) is 0 Å². The van der Waals surface area contributed by atoms with Gasteiger partial charge in [0.15, 0.2) is 0 Å². The molecule has 1 aromatic carbocycles. The molecular weight excluding hydrogens is 292 g/mol. The van der Waals surface area contributed by atoms with Crippen molar-refractivity contribution in [1.29, 1.82) is 0 Å². The highest BCUT2D eigenvalue weighted by molar-refractivity contribution is 7.89. The first-order valence-electron chi connectivity index (χ1n) is 5.49. The van der Waals surface area contributed by atoms with E-state index in [0.29, 0.717) is 11.3 Å². The zero-order valence-electron chi connectivity index (χ0n) is 10.7. The lowest BCUT2D eigenvalue weighted by atomic mass is 10.2. The van der Waals surface area contributed by atoms with Gasteiger partial charge in [-0.05, 0) is 24.6 Å². The number of anilines is 1. The molecule has 0 aliphatic rings. The Morgan fingerprint density at radius 2 is 2.16 bits per heavy atom. The molecule has 6 nitrogen and oxygen atoms in total. The fraction of sp³-hybridized carbons (Fsp3) is 0.455. The quantitative estimate of drug-likeness (QED) is 0.665. The molecule has 0 aromatic heterocycles. The van der Waals surface area contributed by atoms with Crippen molar-refractivity contribution < 1.29 is 18.3 Å². The fourth-order valence-corrected chi connectivity index (χ4v) is 3.01. The Labute approximate surface area is 117 Å². The average Bonchev–Trinajstić information content (AvgIpc) is 2.34. The Morgan fingerprint density at radius 1 is 1.53 bits per heavy atom. The molecule has 0 bridgehead atoms. The maximum Gasteiger partial charge on any atom is 0.241 e. The summed E-state index contributed by atoms with van der Waals surface area (Å²) in [6.07, 6.45) is 0. The molecule has 0 radical (unpaired) electrons. The number of nitrogens with one attached hydrogen (secondary N) is 1. The van der Waals surface area contributed by atoms with Crippen LogP contribution in [-0.2, 0) is 14.8 Å². The van der Waals surface area contributed by atoms with E-state index in [-0.39, 0.29) is 23.1 Å². The Hall–Kier alpha value is -0.860. The van der Waals surface area contributed by atoms with Gasteiger partial charge in [0.1, 0.15) is 0 Å². The molecule has 1 unspecified atom stereocenters. The zero-order chi connectivity index (χ0) is 14.6. The lowest BCUT2D eigenvalue weighted by Crippen LogP contribution is -2.40. The summed E-state index contributed by atoms with van der Waals surface area (Å²) >= 11 is 5.91. The van der Waals surface area contributed by atoms with Gasteiger partial charge >= 0.3 is 0 Å². The lowest BCUT2D eigenvalue weighted by Gasteiger charge is -2.16. The van der Waals surface area contributed by atoms with E-state index in [2.05, 4.69) is 4.72 Å². The maximum atomic E-state index is 12.1. The van der Waals surface area contributed by atoms with Crippen LogP contribution in [-0.4, -0.2) is 39.9 Å². The fourth-order valence-electron chi connectivity index (χ4n) is 1.44. The summed E-state index contributed by atoms with van der Waals surface area (Å²) in [6.45, 7) is 1.38. The maximum absolute atomic E-state index is 12.1. The Balaban J connectivity index is 3.07. The molecule has 108 valence electrons. The molecule has 1 aromatic rings. The molecule has 0 heterocycles. The molecule has 19 heavy (non-hydrogen) atoms. The number of sulfonamides is 1. The highest BCUT2D eigenvalue weighted by Gasteiger charge is 2.21. The van der Waals surface area contributed by atoms with E-state index in [1.54, 1.807) is 6.92 Å². The number of ether oxygens (including phenoxy) is 1. The molecule has 4 N–H and O–H groups in total. The Bertz CT molecular complexity index is 525. The van der Waals surface area contributed by atoms with Crippen molar-refractivity contribution in [1.82, 2.24) is 4.72 Å². The van der Waals surface area contributed by atoms with Gasteiger partial charge in [0.2, 0.25) is 10.0 Å². The summed E-state index contributed by atoms with van der Waals surface area (Å²) < 4.78 is 31.3. The second kappa shape index (κ2) is 6.53. The third-order valence-electron chi connectivity index (χ3n) is 2.58. The monoisotopic (exact) mass is 308 g/mol. The van der Waals surface area contributed by atoms with Gasteiger partial charge in [-0.1, -0.05) is 11.6 Å². The van der Waals surface area contributed by atoms with Crippen LogP contribution in [0.2, 0.25) is 5.02 Å². The first kappa shape index (κ1) is 16.2. The number of hydrogen-bond acceptors (Lipinski definition) is 5. The van der Waals surface area contributed by atoms with E-state index in [1.807, 2.05) is 0 Å². The Morgan fingerprint density at radius 3 is 2.63 bits per heavy atom. The van der Waals surface area contributed by atoms with E-state index in [0.717, 1.165) is 0 Å². The van der Waals surface area contributed by atoms with Crippen molar-refractivity contribution >= 4 is 27.3 Å². The number of aliphatic hydroxyl groups is 1. The van der Waals surface area contributed by atoms with Crippen molar-refractivity contribution in [3.63, 3.8) is 0 Å². The first-order chi connectivity index (χ1) is 8.81. The van der Waals surface area contributed by atoms with Gasteiger partial charge in [-0.2, -0.15) is 0 Å². The van der Waals surface area contributed by atoms with Crippen LogP contribution in [0.5, 0.6) is 0 Å². The molecule has 0 fully saturated rings. The SMILES string of the molecule is COCC(CO)NS(=O)(=O)c1cc(N)c(C)c(Cl)c1. The second-order valence-electron chi connectivity index (χ2n) is 4.08. The van der Waals surface area contributed by atoms with E-state index in [4.69, 9.17) is 27.2 Å². The molecular formula is C11H17ClN2O4S. The standard InChI is InChI=1S/C11H17ClN2O4S/c1-7-10(12)3-9(4-11(7)13)19(16,17)14-8(5-15)6-18-2/h3-4,8,14-15H,5-6,13H2,1-2H3. The van der Waals surface area contributed by atoms with Gasteiger partial charge in [0.05, 0.1) is 24.2 Å². The van der Waals surface area contributed by atoms with Gasteiger partial charge in [0, 0.05) is 17.8 Å². The number of nitrogen functional groups attached to an aromatic ring is 1. The smallest absolute Gasteiger partial charge is 0.241 e.